The van der Waals surface area contributed by atoms with E-state index in [9.17, 15) is 13.5 Å². The van der Waals surface area contributed by atoms with Crippen molar-refractivity contribution < 1.29 is 13.5 Å². The Kier molecular flexibility index (Phi) is 3.80. The van der Waals surface area contributed by atoms with E-state index in [1.54, 1.807) is 0 Å². The molecule has 0 spiro atoms. The number of rotatable bonds is 5. The second-order valence-electron chi connectivity index (χ2n) is 5.64. The highest BCUT2D eigenvalue weighted by Crippen LogP contribution is 2.34. The summed E-state index contributed by atoms with van der Waals surface area (Å²) in [5, 5.41) is 10.1. The Balaban J connectivity index is 1.82. The predicted octanol–water partition coefficient (Wildman–Crippen LogP) is 1.40. The fraction of sp³-hybridized carbons (Fsp3) is 1.00. The first kappa shape index (κ1) is 13.3. The van der Waals surface area contributed by atoms with Gasteiger partial charge in [0, 0.05) is 6.54 Å². The van der Waals surface area contributed by atoms with Crippen LogP contribution in [0.1, 0.15) is 51.9 Å². The van der Waals surface area contributed by atoms with Crippen LogP contribution in [0.25, 0.3) is 0 Å². The number of hydrogen-bond donors (Lipinski definition) is 2. The highest BCUT2D eigenvalue weighted by atomic mass is 32.2. The monoisotopic (exact) mass is 261 g/mol. The van der Waals surface area contributed by atoms with E-state index in [2.05, 4.69) is 11.6 Å². The van der Waals surface area contributed by atoms with Gasteiger partial charge in [-0.1, -0.05) is 13.3 Å². The van der Waals surface area contributed by atoms with E-state index in [1.807, 2.05) is 0 Å². The molecule has 2 saturated carbocycles. The molecule has 2 N–H and O–H groups in total. The summed E-state index contributed by atoms with van der Waals surface area (Å²) < 4.78 is 25.9. The number of nitrogens with one attached hydrogen (secondary N) is 1. The average Bonchev–Trinajstić information content (AvgIpc) is 3.12. The largest absolute Gasteiger partial charge is 0.389 e. The first-order chi connectivity index (χ1) is 7.95. The van der Waals surface area contributed by atoms with Crippen LogP contribution in [-0.2, 0) is 10.0 Å². The molecule has 2 fully saturated rings. The van der Waals surface area contributed by atoms with Crippen LogP contribution in [-0.4, -0.2) is 30.9 Å². The second kappa shape index (κ2) is 4.86. The Morgan fingerprint density at radius 3 is 2.29 bits per heavy atom. The van der Waals surface area contributed by atoms with Crippen LogP contribution in [0.3, 0.4) is 0 Å². The van der Waals surface area contributed by atoms with E-state index in [0.29, 0.717) is 5.92 Å². The van der Waals surface area contributed by atoms with Gasteiger partial charge in [0.05, 0.1) is 10.9 Å². The van der Waals surface area contributed by atoms with Crippen LogP contribution in [0.4, 0.5) is 0 Å². The first-order valence-corrected chi connectivity index (χ1v) is 8.21. The minimum atomic E-state index is -3.15. The molecule has 0 aliphatic heterocycles. The summed E-state index contributed by atoms with van der Waals surface area (Å²) in [5.41, 5.74) is -0.812. The Morgan fingerprint density at radius 2 is 1.82 bits per heavy atom. The summed E-state index contributed by atoms with van der Waals surface area (Å²) >= 11 is 0. The van der Waals surface area contributed by atoms with Crippen LogP contribution in [0, 0.1) is 5.92 Å². The van der Waals surface area contributed by atoms with Crippen molar-refractivity contribution in [3.05, 3.63) is 0 Å². The molecule has 2 aliphatic carbocycles. The molecule has 0 aromatic heterocycles. The Labute approximate surface area is 104 Å². The van der Waals surface area contributed by atoms with Crippen LogP contribution in [0.2, 0.25) is 0 Å². The van der Waals surface area contributed by atoms with Gasteiger partial charge in [-0.3, -0.25) is 0 Å². The van der Waals surface area contributed by atoms with Gasteiger partial charge in [-0.05, 0) is 44.4 Å². The molecule has 5 heteroatoms. The normalized spacial score (nSPS) is 34.8. The molecule has 0 bridgehead atoms. The standard InChI is InChI=1S/C12H23NO3S/c1-2-10-5-7-12(14,8-6-10)9-13-17(15,16)11-3-4-11/h10-11,13-14H,2-9H2,1H3. The maximum Gasteiger partial charge on any atom is 0.214 e. The minimum absolute atomic E-state index is 0.196. The van der Waals surface area contributed by atoms with Crippen LogP contribution in [0.15, 0.2) is 0 Å². The fourth-order valence-corrected chi connectivity index (χ4v) is 3.99. The highest BCUT2D eigenvalue weighted by Gasteiger charge is 2.38. The van der Waals surface area contributed by atoms with E-state index >= 15 is 0 Å². The average molecular weight is 261 g/mol. The number of hydrogen-bond acceptors (Lipinski definition) is 3. The molecule has 0 aromatic rings. The number of sulfonamides is 1. The molecule has 0 radical (unpaired) electrons. The Bertz CT molecular complexity index is 354. The summed E-state index contributed by atoms with van der Waals surface area (Å²) in [7, 11) is -3.15. The van der Waals surface area contributed by atoms with E-state index in [4.69, 9.17) is 0 Å². The third-order valence-corrected chi connectivity index (χ3v) is 6.07. The van der Waals surface area contributed by atoms with Crippen LogP contribution < -0.4 is 4.72 Å². The molecule has 0 heterocycles. The Hall–Kier alpha value is -0.130. The second-order valence-corrected chi connectivity index (χ2v) is 7.69. The lowest BCUT2D eigenvalue weighted by Gasteiger charge is -2.35. The van der Waals surface area contributed by atoms with Crippen molar-refractivity contribution in [3.8, 4) is 0 Å². The van der Waals surface area contributed by atoms with E-state index in [1.165, 1.54) is 0 Å². The van der Waals surface area contributed by atoms with Crippen LogP contribution in [0.5, 0.6) is 0 Å². The minimum Gasteiger partial charge on any atom is -0.389 e. The molecule has 0 aromatic carbocycles. The molecule has 0 atom stereocenters. The van der Waals surface area contributed by atoms with Gasteiger partial charge in [0.25, 0.3) is 0 Å². The smallest absolute Gasteiger partial charge is 0.214 e. The molecule has 0 saturated heterocycles. The molecule has 100 valence electrons. The lowest BCUT2D eigenvalue weighted by Crippen LogP contribution is -2.46. The summed E-state index contributed by atoms with van der Waals surface area (Å²) in [6.07, 6.45) is 6.16. The summed E-state index contributed by atoms with van der Waals surface area (Å²) in [6.45, 7) is 2.37. The molecule has 17 heavy (non-hydrogen) atoms. The molecular weight excluding hydrogens is 238 g/mol. The maximum atomic E-state index is 11.7. The van der Waals surface area contributed by atoms with E-state index in [-0.39, 0.29) is 11.8 Å². The zero-order chi connectivity index (χ0) is 12.5. The van der Waals surface area contributed by atoms with Crippen LogP contribution >= 0.6 is 0 Å². The summed E-state index contributed by atoms with van der Waals surface area (Å²) in [4.78, 5) is 0. The van der Waals surface area contributed by atoms with Gasteiger partial charge < -0.3 is 5.11 Å². The SMILES string of the molecule is CCC1CCC(O)(CNS(=O)(=O)C2CC2)CC1. The maximum absolute atomic E-state index is 11.7. The van der Waals surface area contributed by atoms with Crippen molar-refractivity contribution in [1.29, 1.82) is 0 Å². The van der Waals surface area contributed by atoms with E-state index < -0.39 is 15.6 Å². The van der Waals surface area contributed by atoms with Gasteiger partial charge in [0.2, 0.25) is 10.0 Å². The van der Waals surface area contributed by atoms with Crippen molar-refractivity contribution >= 4 is 10.0 Å². The van der Waals surface area contributed by atoms with Gasteiger partial charge in [-0.15, -0.1) is 0 Å². The zero-order valence-corrected chi connectivity index (χ0v) is 11.3. The third-order valence-electron chi connectivity index (χ3n) is 4.18. The van der Waals surface area contributed by atoms with Gasteiger partial charge in [-0.2, -0.15) is 0 Å². The van der Waals surface area contributed by atoms with Crippen molar-refractivity contribution in [2.24, 2.45) is 5.92 Å². The molecule has 0 unspecified atom stereocenters. The predicted molar refractivity (Wildman–Crippen MR) is 67.1 cm³/mol. The van der Waals surface area contributed by atoms with Crippen molar-refractivity contribution in [1.82, 2.24) is 4.72 Å². The zero-order valence-electron chi connectivity index (χ0n) is 10.5. The Morgan fingerprint density at radius 1 is 1.24 bits per heavy atom. The van der Waals surface area contributed by atoms with E-state index in [0.717, 1.165) is 44.9 Å². The lowest BCUT2D eigenvalue weighted by atomic mass is 9.78. The molecule has 2 rings (SSSR count). The van der Waals surface area contributed by atoms with Gasteiger partial charge in [-0.25, -0.2) is 13.1 Å². The summed E-state index contributed by atoms with van der Waals surface area (Å²) in [6, 6.07) is 0. The molecule has 2 aliphatic rings. The summed E-state index contributed by atoms with van der Waals surface area (Å²) in [5.74, 6) is 0.704. The van der Waals surface area contributed by atoms with Gasteiger partial charge in [0.1, 0.15) is 0 Å². The topological polar surface area (TPSA) is 66.4 Å². The molecule has 4 nitrogen and oxygen atoms in total. The number of aliphatic hydroxyl groups is 1. The van der Waals surface area contributed by atoms with Gasteiger partial charge >= 0.3 is 0 Å². The highest BCUT2D eigenvalue weighted by molar-refractivity contribution is 7.90. The molecular formula is C12H23NO3S. The lowest BCUT2D eigenvalue weighted by molar-refractivity contribution is -0.00443. The first-order valence-electron chi connectivity index (χ1n) is 6.66. The molecule has 0 amide bonds. The van der Waals surface area contributed by atoms with Crippen molar-refractivity contribution in [2.45, 2.75) is 62.7 Å². The van der Waals surface area contributed by atoms with Crippen molar-refractivity contribution in [3.63, 3.8) is 0 Å². The van der Waals surface area contributed by atoms with Crippen molar-refractivity contribution in [2.75, 3.05) is 6.54 Å². The third kappa shape index (κ3) is 3.42. The quantitative estimate of drug-likeness (QED) is 0.786. The van der Waals surface area contributed by atoms with Gasteiger partial charge in [0.15, 0.2) is 0 Å². The fourth-order valence-electron chi connectivity index (χ4n) is 2.53.